The second-order valence-corrected chi connectivity index (χ2v) is 15.9. The van der Waals surface area contributed by atoms with Gasteiger partial charge in [0.15, 0.2) is 0 Å². The van der Waals surface area contributed by atoms with Crippen LogP contribution in [0.2, 0.25) is 0 Å². The largest absolute Gasteiger partial charge is 0.309 e. The summed E-state index contributed by atoms with van der Waals surface area (Å²) >= 11 is 3.82. The molecule has 3 heterocycles. The van der Waals surface area contributed by atoms with Gasteiger partial charge in [-0.3, -0.25) is 0 Å². The lowest BCUT2D eigenvalue weighted by atomic mass is 9.82. The summed E-state index contributed by atoms with van der Waals surface area (Å²) in [6.45, 7) is 4.81. The van der Waals surface area contributed by atoms with Gasteiger partial charge < -0.3 is 9.13 Å². The van der Waals surface area contributed by atoms with Gasteiger partial charge in [-0.05, 0) is 101 Å². The van der Waals surface area contributed by atoms with Crippen LogP contribution in [0.1, 0.15) is 25.0 Å². The fourth-order valence-corrected chi connectivity index (χ4v) is 10.7. The van der Waals surface area contributed by atoms with E-state index in [1.54, 1.807) is 0 Å². The maximum Gasteiger partial charge on any atom is 0.0544 e. The Bertz CT molecular complexity index is 2860. The summed E-state index contributed by atoms with van der Waals surface area (Å²) in [6, 6.07) is 54.1. The van der Waals surface area contributed by atoms with Crippen molar-refractivity contribution in [1.82, 2.24) is 9.13 Å². The number of aromatic nitrogens is 2. The summed E-state index contributed by atoms with van der Waals surface area (Å²) in [5.74, 6) is 0. The van der Waals surface area contributed by atoms with Crippen molar-refractivity contribution in [2.75, 3.05) is 0 Å². The van der Waals surface area contributed by atoms with Gasteiger partial charge in [0, 0.05) is 57.9 Å². The quantitative estimate of drug-likeness (QED) is 0.182. The second-order valence-electron chi connectivity index (χ2n) is 13.8. The summed E-state index contributed by atoms with van der Waals surface area (Å²) in [5.41, 5.74) is 12.7. The van der Waals surface area contributed by atoms with Gasteiger partial charge in [0.05, 0.1) is 22.1 Å². The molecule has 1 aliphatic heterocycles. The molecule has 0 saturated carbocycles. The Labute approximate surface area is 293 Å². The third-order valence-electron chi connectivity index (χ3n) is 10.8. The molecule has 0 saturated heterocycles. The molecule has 7 aromatic carbocycles. The molecule has 2 aromatic heterocycles. The average molecular weight is 663 g/mol. The maximum absolute atomic E-state index is 2.50. The van der Waals surface area contributed by atoms with E-state index < -0.39 is 0 Å². The molecule has 0 unspecified atom stereocenters. The topological polar surface area (TPSA) is 9.86 Å². The summed E-state index contributed by atoms with van der Waals surface area (Å²) in [7, 11) is 0. The normalized spacial score (nSPS) is 14.3. The first-order valence-corrected chi connectivity index (χ1v) is 18.5. The highest BCUT2D eigenvalue weighted by Gasteiger charge is 2.38. The molecule has 2 nitrogen and oxygen atoms in total. The van der Waals surface area contributed by atoms with E-state index in [1.807, 2.05) is 23.5 Å². The Balaban J connectivity index is 1.15. The summed E-state index contributed by atoms with van der Waals surface area (Å²) in [5, 5.41) is 5.12. The van der Waals surface area contributed by atoms with Crippen molar-refractivity contribution < 1.29 is 0 Å². The molecule has 2 aliphatic rings. The van der Waals surface area contributed by atoms with Crippen LogP contribution in [0.15, 0.2) is 165 Å². The minimum absolute atomic E-state index is 0.121. The molecule has 49 heavy (non-hydrogen) atoms. The minimum atomic E-state index is -0.121. The zero-order valence-corrected chi connectivity index (χ0v) is 28.7. The Morgan fingerprint density at radius 2 is 0.918 bits per heavy atom. The van der Waals surface area contributed by atoms with E-state index in [4.69, 9.17) is 0 Å². The summed E-state index contributed by atoms with van der Waals surface area (Å²) < 4.78 is 4.88. The third kappa shape index (κ3) is 3.82. The molecule has 0 amide bonds. The van der Waals surface area contributed by atoms with Crippen LogP contribution in [-0.2, 0) is 5.41 Å². The van der Waals surface area contributed by atoms with Crippen LogP contribution in [0.5, 0.6) is 0 Å². The number of hydrogen-bond acceptors (Lipinski definition) is 2. The van der Waals surface area contributed by atoms with E-state index in [1.165, 1.54) is 96.8 Å². The predicted octanol–water partition coefficient (Wildman–Crippen LogP) is 12.8. The number of nitrogens with zero attached hydrogens (tertiary/aromatic N) is 2. The van der Waals surface area contributed by atoms with E-state index in [-0.39, 0.29) is 5.41 Å². The van der Waals surface area contributed by atoms with Gasteiger partial charge >= 0.3 is 0 Å². The van der Waals surface area contributed by atoms with Gasteiger partial charge in [0.25, 0.3) is 0 Å². The first-order valence-electron chi connectivity index (χ1n) is 16.8. The van der Waals surface area contributed by atoms with Crippen molar-refractivity contribution in [1.29, 1.82) is 0 Å². The van der Waals surface area contributed by atoms with Gasteiger partial charge in [-0.15, -0.1) is 0 Å². The molecule has 1 aliphatic carbocycles. The lowest BCUT2D eigenvalue weighted by molar-refractivity contribution is 0.658. The molecular formula is C45H30N2S2. The highest BCUT2D eigenvalue weighted by atomic mass is 32.2. The lowest BCUT2D eigenvalue weighted by Gasteiger charge is -2.24. The van der Waals surface area contributed by atoms with Crippen LogP contribution in [0.3, 0.4) is 0 Å². The van der Waals surface area contributed by atoms with Crippen molar-refractivity contribution in [3.63, 3.8) is 0 Å². The minimum Gasteiger partial charge on any atom is -0.309 e. The number of benzene rings is 7. The van der Waals surface area contributed by atoms with Gasteiger partial charge in [-0.2, -0.15) is 0 Å². The van der Waals surface area contributed by atoms with E-state index in [2.05, 4.69) is 169 Å². The van der Waals surface area contributed by atoms with Crippen molar-refractivity contribution in [2.45, 2.75) is 38.8 Å². The van der Waals surface area contributed by atoms with Gasteiger partial charge in [0.1, 0.15) is 0 Å². The SMILES string of the molecule is CC1(C)c2cc3c(cc2-c2cc4c5ccccc5n(-c5ccc6c(c5)c5ccccc5n6-c5ccccc5)c4cc21)Sc1ccccc1S3. The Morgan fingerprint density at radius 3 is 1.63 bits per heavy atom. The van der Waals surface area contributed by atoms with Crippen molar-refractivity contribution >= 4 is 67.1 Å². The van der Waals surface area contributed by atoms with Gasteiger partial charge in [-0.1, -0.05) is 104 Å². The number of para-hydroxylation sites is 3. The summed E-state index contributed by atoms with van der Waals surface area (Å²) in [4.78, 5) is 5.42. The number of fused-ring (bicyclic) bond motifs is 11. The molecule has 0 radical (unpaired) electrons. The monoisotopic (exact) mass is 662 g/mol. The van der Waals surface area contributed by atoms with Gasteiger partial charge in [-0.25, -0.2) is 0 Å². The third-order valence-corrected chi connectivity index (χ3v) is 13.3. The smallest absolute Gasteiger partial charge is 0.0544 e. The highest BCUT2D eigenvalue weighted by Crippen LogP contribution is 2.56. The molecular weight excluding hydrogens is 633 g/mol. The Kier molecular flexibility index (Phi) is 5.63. The fourth-order valence-electron chi connectivity index (χ4n) is 8.45. The standard InChI is InChI=1S/C45H30N2S2/c1-45(2)35-25-40-34(23-31(35)32-24-43-44(26-36(32)45)49-42-19-11-10-18-41(42)48-43)30-15-7-9-17-38(30)47(40)28-20-21-39-33(22-28)29-14-6-8-16-37(29)46(39)27-12-4-3-5-13-27/h3-26H,1-2H3. The summed E-state index contributed by atoms with van der Waals surface area (Å²) in [6.07, 6.45) is 0. The molecule has 0 spiro atoms. The molecule has 11 rings (SSSR count). The Hall–Kier alpha value is -5.16. The lowest BCUT2D eigenvalue weighted by Crippen LogP contribution is -2.15. The van der Waals surface area contributed by atoms with Crippen LogP contribution in [-0.4, -0.2) is 9.13 Å². The molecule has 0 fully saturated rings. The van der Waals surface area contributed by atoms with E-state index >= 15 is 0 Å². The maximum atomic E-state index is 2.50. The molecule has 0 N–H and O–H groups in total. The van der Waals surface area contributed by atoms with E-state index in [0.717, 1.165) is 0 Å². The van der Waals surface area contributed by atoms with E-state index in [9.17, 15) is 0 Å². The second kappa shape index (κ2) is 9.94. The van der Waals surface area contributed by atoms with Crippen molar-refractivity contribution in [3.8, 4) is 22.5 Å². The first-order chi connectivity index (χ1) is 24.0. The predicted molar refractivity (Wildman–Crippen MR) is 207 cm³/mol. The molecule has 0 atom stereocenters. The number of rotatable bonds is 2. The van der Waals surface area contributed by atoms with Crippen LogP contribution >= 0.6 is 23.5 Å². The fraction of sp³-hybridized carbons (Fsp3) is 0.0667. The first kappa shape index (κ1) is 27.8. The molecule has 0 bridgehead atoms. The average Bonchev–Trinajstić information content (AvgIpc) is 3.72. The van der Waals surface area contributed by atoms with Crippen LogP contribution in [0, 0.1) is 0 Å². The molecule has 4 heteroatoms. The zero-order valence-electron chi connectivity index (χ0n) is 27.1. The molecule has 232 valence electrons. The van der Waals surface area contributed by atoms with Crippen LogP contribution < -0.4 is 0 Å². The van der Waals surface area contributed by atoms with Crippen LogP contribution in [0.25, 0.3) is 66.1 Å². The molecule has 9 aromatic rings. The number of hydrogen-bond donors (Lipinski definition) is 0. The Morgan fingerprint density at radius 1 is 0.388 bits per heavy atom. The van der Waals surface area contributed by atoms with Gasteiger partial charge in [0.2, 0.25) is 0 Å². The van der Waals surface area contributed by atoms with Crippen LogP contribution in [0.4, 0.5) is 0 Å². The highest BCUT2D eigenvalue weighted by molar-refractivity contribution is 8.05. The van der Waals surface area contributed by atoms with Crippen molar-refractivity contribution in [3.05, 3.63) is 157 Å². The van der Waals surface area contributed by atoms with Crippen molar-refractivity contribution in [2.24, 2.45) is 0 Å². The van der Waals surface area contributed by atoms with E-state index in [0.29, 0.717) is 0 Å². The zero-order chi connectivity index (χ0) is 32.4.